The molecule has 11 nitrogen and oxygen atoms in total. The van der Waals surface area contributed by atoms with E-state index in [1.165, 1.54) is 0 Å². The first kappa shape index (κ1) is 43.8. The molecule has 0 spiro atoms. The van der Waals surface area contributed by atoms with Gasteiger partial charge in [0.05, 0.1) is 6.61 Å². The molecule has 0 heterocycles. The van der Waals surface area contributed by atoms with E-state index in [2.05, 4.69) is 45.3 Å². The van der Waals surface area contributed by atoms with E-state index in [9.17, 15) is 19.2 Å². The molecule has 0 aliphatic carbocycles. The van der Waals surface area contributed by atoms with Gasteiger partial charge in [0.25, 0.3) is 0 Å². The van der Waals surface area contributed by atoms with Crippen LogP contribution in [0.5, 0.6) is 5.75 Å². The van der Waals surface area contributed by atoms with Gasteiger partial charge in [-0.25, -0.2) is 0 Å². The van der Waals surface area contributed by atoms with Crippen LogP contribution >= 0.6 is 0 Å². The first-order valence-electron chi connectivity index (χ1n) is 18.8. The van der Waals surface area contributed by atoms with Crippen LogP contribution in [0.25, 0.3) is 0 Å². The summed E-state index contributed by atoms with van der Waals surface area (Å²) in [4.78, 5) is 54.0. The van der Waals surface area contributed by atoms with Crippen LogP contribution < -0.4 is 15.4 Å². The zero-order valence-corrected chi connectivity index (χ0v) is 31.2. The van der Waals surface area contributed by atoms with E-state index in [0.717, 1.165) is 88.2 Å². The Labute approximate surface area is 296 Å². The third-order valence-electron chi connectivity index (χ3n) is 8.02. The van der Waals surface area contributed by atoms with Gasteiger partial charge in [-0.2, -0.15) is 0 Å². The summed E-state index contributed by atoms with van der Waals surface area (Å²) in [7, 11) is 0. The van der Waals surface area contributed by atoms with E-state index >= 15 is 0 Å². The quantitative estimate of drug-likeness (QED) is 0.0983. The van der Waals surface area contributed by atoms with Crippen molar-refractivity contribution in [1.82, 2.24) is 20.4 Å². The van der Waals surface area contributed by atoms with Crippen LogP contribution in [0.2, 0.25) is 0 Å². The van der Waals surface area contributed by atoms with Gasteiger partial charge >= 0.3 is 0 Å². The first-order valence-corrected chi connectivity index (χ1v) is 18.8. The lowest BCUT2D eigenvalue weighted by Gasteiger charge is -2.22. The smallest absolute Gasteiger partial charge is 0.248 e. The van der Waals surface area contributed by atoms with Crippen molar-refractivity contribution in [2.45, 2.75) is 125 Å². The third-order valence-corrected chi connectivity index (χ3v) is 8.02. The van der Waals surface area contributed by atoms with Crippen molar-refractivity contribution in [3.8, 4) is 5.75 Å². The monoisotopic (exact) mass is 690 g/mol. The molecule has 0 bridgehead atoms. The van der Waals surface area contributed by atoms with Crippen LogP contribution in [-0.4, -0.2) is 92.6 Å². The van der Waals surface area contributed by atoms with Crippen LogP contribution in [0.4, 0.5) is 0 Å². The van der Waals surface area contributed by atoms with Crippen molar-refractivity contribution < 1.29 is 33.4 Å². The van der Waals surface area contributed by atoms with Gasteiger partial charge < -0.3 is 34.6 Å². The molecule has 0 unspecified atom stereocenters. The molecular weight excluding hydrogens is 624 g/mol. The maximum absolute atomic E-state index is 12.6. The molecule has 0 saturated carbocycles. The molecule has 1 rings (SSSR count). The van der Waals surface area contributed by atoms with Crippen LogP contribution in [0.15, 0.2) is 18.2 Å². The number of rotatable bonds is 30. The molecule has 0 aliphatic rings. The summed E-state index contributed by atoms with van der Waals surface area (Å²) in [6, 6.07) is 5.66. The van der Waals surface area contributed by atoms with Gasteiger partial charge in [-0.1, -0.05) is 85.6 Å². The zero-order chi connectivity index (χ0) is 36.1. The Morgan fingerprint density at radius 2 is 0.939 bits per heavy atom. The minimum Gasteiger partial charge on any atom is -0.494 e. The fourth-order valence-corrected chi connectivity index (χ4v) is 5.00. The lowest BCUT2D eigenvalue weighted by molar-refractivity contribution is -0.139. The molecule has 0 saturated heterocycles. The number of carbonyl (C=O) groups excluding carboxylic acids is 4. The summed E-state index contributed by atoms with van der Waals surface area (Å²) >= 11 is 0. The summed E-state index contributed by atoms with van der Waals surface area (Å²) in [6.45, 7) is 13.7. The first-order chi connectivity index (χ1) is 23.8. The van der Waals surface area contributed by atoms with Gasteiger partial charge in [0.15, 0.2) is 0 Å². The van der Waals surface area contributed by atoms with Crippen LogP contribution in [-0.2, 0) is 41.7 Å². The number of nitrogens with zero attached hydrogens (tertiary/aromatic N) is 2. The maximum Gasteiger partial charge on any atom is 0.248 e. The van der Waals surface area contributed by atoms with E-state index in [-0.39, 0.29) is 63.1 Å². The van der Waals surface area contributed by atoms with Crippen molar-refractivity contribution in [3.05, 3.63) is 29.3 Å². The predicted octanol–water partition coefficient (Wildman–Crippen LogP) is 5.77. The average Bonchev–Trinajstić information content (AvgIpc) is 3.09. The highest BCUT2D eigenvalue weighted by molar-refractivity contribution is 5.80. The SMILES string of the molecule is CCCCCCOc1cc(CNC(=O)COCC(=O)N(CCCC)CCCC)cc(CNC(=O)COCC(=O)N(CCCC)CCCC)c1. The standard InChI is InChI=1S/C38H66N4O7/c1-6-11-16-17-22-49-34-24-32(26-39-35(43)28-47-30-37(45)41(18-12-7-2)19-13-8-3)23-33(25-34)27-40-36(44)29-48-31-38(46)42(20-14-9-4)21-15-10-5/h23-25H,6-22,26-31H2,1-5H3,(H,39,43)(H,40,44). The van der Waals surface area contributed by atoms with Crippen molar-refractivity contribution in [2.75, 3.05) is 59.2 Å². The Balaban J connectivity index is 2.69. The van der Waals surface area contributed by atoms with Gasteiger partial charge in [0, 0.05) is 39.3 Å². The maximum atomic E-state index is 12.6. The van der Waals surface area contributed by atoms with Crippen molar-refractivity contribution >= 4 is 23.6 Å². The number of hydrogen-bond donors (Lipinski definition) is 2. The fraction of sp³-hybridized carbons (Fsp3) is 0.737. The molecule has 11 heteroatoms. The largest absolute Gasteiger partial charge is 0.494 e. The van der Waals surface area contributed by atoms with Gasteiger partial charge in [-0.3, -0.25) is 19.2 Å². The van der Waals surface area contributed by atoms with E-state index in [1.54, 1.807) is 0 Å². The molecule has 1 aromatic rings. The van der Waals surface area contributed by atoms with E-state index in [4.69, 9.17) is 14.2 Å². The summed E-state index contributed by atoms with van der Waals surface area (Å²) in [5, 5.41) is 5.72. The molecule has 1 aromatic carbocycles. The Bertz CT molecular complexity index is 980. The second-order valence-electron chi connectivity index (χ2n) is 12.6. The molecule has 0 fully saturated rings. The van der Waals surface area contributed by atoms with Crippen LogP contribution in [0, 0.1) is 0 Å². The second kappa shape index (κ2) is 28.6. The molecule has 0 radical (unpaired) electrons. The fourth-order valence-electron chi connectivity index (χ4n) is 5.00. The topological polar surface area (TPSA) is 127 Å². The van der Waals surface area contributed by atoms with Crippen molar-refractivity contribution in [1.29, 1.82) is 0 Å². The Morgan fingerprint density at radius 3 is 1.33 bits per heavy atom. The van der Waals surface area contributed by atoms with Gasteiger partial charge in [-0.05, 0) is 55.4 Å². The average molecular weight is 691 g/mol. The highest BCUT2D eigenvalue weighted by atomic mass is 16.5. The lowest BCUT2D eigenvalue weighted by Crippen LogP contribution is -2.37. The Morgan fingerprint density at radius 1 is 0.531 bits per heavy atom. The number of unbranched alkanes of at least 4 members (excludes halogenated alkanes) is 7. The third kappa shape index (κ3) is 21.5. The highest BCUT2D eigenvalue weighted by Crippen LogP contribution is 2.18. The highest BCUT2D eigenvalue weighted by Gasteiger charge is 2.15. The molecule has 4 amide bonds. The molecule has 0 aliphatic heterocycles. The minimum atomic E-state index is -0.322. The minimum absolute atomic E-state index is 0.0944. The van der Waals surface area contributed by atoms with Crippen LogP contribution in [0.3, 0.4) is 0 Å². The zero-order valence-electron chi connectivity index (χ0n) is 31.2. The van der Waals surface area contributed by atoms with E-state index < -0.39 is 0 Å². The molecule has 280 valence electrons. The number of ether oxygens (including phenoxy) is 3. The van der Waals surface area contributed by atoms with Crippen molar-refractivity contribution in [3.63, 3.8) is 0 Å². The molecule has 0 atom stereocenters. The van der Waals surface area contributed by atoms with Gasteiger partial charge in [0.1, 0.15) is 32.2 Å². The summed E-state index contributed by atoms with van der Waals surface area (Å²) in [6.07, 6.45) is 12.1. The summed E-state index contributed by atoms with van der Waals surface area (Å²) in [5.41, 5.74) is 1.62. The number of hydrogen-bond acceptors (Lipinski definition) is 7. The van der Waals surface area contributed by atoms with Crippen molar-refractivity contribution in [2.24, 2.45) is 0 Å². The second-order valence-corrected chi connectivity index (χ2v) is 12.6. The number of nitrogens with one attached hydrogen (secondary N) is 2. The number of amides is 4. The molecule has 0 aromatic heterocycles. The van der Waals surface area contributed by atoms with Gasteiger partial charge in [-0.15, -0.1) is 0 Å². The molecule has 49 heavy (non-hydrogen) atoms. The Kier molecular flexibility index (Phi) is 25.6. The normalized spacial score (nSPS) is 10.9. The summed E-state index contributed by atoms with van der Waals surface area (Å²) < 4.78 is 17.0. The molecular formula is C38H66N4O7. The van der Waals surface area contributed by atoms with Crippen LogP contribution in [0.1, 0.15) is 123 Å². The number of carbonyl (C=O) groups is 4. The lowest BCUT2D eigenvalue weighted by atomic mass is 10.1. The summed E-state index contributed by atoms with van der Waals surface area (Å²) in [5.74, 6) is -0.172. The van der Waals surface area contributed by atoms with E-state index in [1.807, 2.05) is 28.0 Å². The number of benzene rings is 1. The molecule has 2 N–H and O–H groups in total. The van der Waals surface area contributed by atoms with Gasteiger partial charge in [0.2, 0.25) is 23.6 Å². The Hall–Kier alpha value is -3.18. The predicted molar refractivity (Wildman–Crippen MR) is 194 cm³/mol. The van der Waals surface area contributed by atoms with E-state index in [0.29, 0.717) is 38.5 Å².